The van der Waals surface area contributed by atoms with Crippen molar-refractivity contribution in [2.24, 2.45) is 0 Å². The molecule has 1 aliphatic carbocycles. The number of aromatic nitrogens is 3. The van der Waals surface area contributed by atoms with Crippen molar-refractivity contribution in [2.45, 2.75) is 18.8 Å². The van der Waals surface area contributed by atoms with E-state index < -0.39 is 5.97 Å². The van der Waals surface area contributed by atoms with Crippen LogP contribution >= 0.6 is 11.6 Å². The third-order valence-corrected chi connectivity index (χ3v) is 4.63. The zero-order valence-electron chi connectivity index (χ0n) is 13.2. The van der Waals surface area contributed by atoms with Gasteiger partial charge in [-0.2, -0.15) is 0 Å². The van der Waals surface area contributed by atoms with E-state index in [1.54, 1.807) is 18.2 Å². The van der Waals surface area contributed by atoms with E-state index in [0.717, 1.165) is 12.8 Å². The van der Waals surface area contributed by atoms with Crippen LogP contribution < -0.4 is 10.3 Å². The summed E-state index contributed by atoms with van der Waals surface area (Å²) in [5.41, 5.74) is 1.24. The molecule has 0 saturated heterocycles. The largest absolute Gasteiger partial charge is 0.495 e. The molecule has 7 nitrogen and oxygen atoms in total. The highest BCUT2D eigenvalue weighted by atomic mass is 35.5. The van der Waals surface area contributed by atoms with E-state index in [-0.39, 0.29) is 17.0 Å². The summed E-state index contributed by atoms with van der Waals surface area (Å²) in [5, 5.41) is 14.3. The van der Waals surface area contributed by atoms with E-state index in [1.807, 2.05) is 0 Å². The highest BCUT2D eigenvalue weighted by Crippen LogP contribution is 2.43. The van der Waals surface area contributed by atoms with Crippen LogP contribution in [0.2, 0.25) is 5.02 Å². The second-order valence-electron chi connectivity index (χ2n) is 5.98. The second kappa shape index (κ2) is 5.63. The maximum absolute atomic E-state index is 12.6. The number of halogens is 1. The highest BCUT2D eigenvalue weighted by Gasteiger charge is 2.33. The molecule has 0 aliphatic heterocycles. The van der Waals surface area contributed by atoms with E-state index in [0.29, 0.717) is 33.2 Å². The number of rotatable bonds is 4. The van der Waals surface area contributed by atoms with Gasteiger partial charge < -0.3 is 14.8 Å². The molecule has 2 heterocycles. The lowest BCUT2D eigenvalue weighted by atomic mass is 10.1. The fourth-order valence-electron chi connectivity index (χ4n) is 3.00. The summed E-state index contributed by atoms with van der Waals surface area (Å²) in [6.45, 7) is 0. The van der Waals surface area contributed by atoms with Gasteiger partial charge in [0.25, 0.3) is 5.56 Å². The number of carbonyl (C=O) groups is 1. The fraction of sp³-hybridized carbons (Fsp3) is 0.235. The van der Waals surface area contributed by atoms with Crippen molar-refractivity contribution in [3.8, 4) is 17.1 Å². The van der Waals surface area contributed by atoms with Crippen molar-refractivity contribution in [1.29, 1.82) is 0 Å². The number of hydrogen-bond acceptors (Lipinski definition) is 4. The summed E-state index contributed by atoms with van der Waals surface area (Å²) in [7, 11) is 1.50. The third kappa shape index (κ3) is 2.56. The van der Waals surface area contributed by atoms with E-state index in [9.17, 15) is 14.7 Å². The van der Waals surface area contributed by atoms with Gasteiger partial charge in [-0.3, -0.25) is 4.79 Å². The lowest BCUT2D eigenvalue weighted by molar-refractivity contribution is 0.0696. The van der Waals surface area contributed by atoms with Gasteiger partial charge in [-0.1, -0.05) is 11.6 Å². The molecule has 2 N–H and O–H groups in total. The minimum absolute atomic E-state index is 0.112. The average molecular weight is 360 g/mol. The lowest BCUT2D eigenvalue weighted by Crippen LogP contribution is -2.14. The maximum atomic E-state index is 12.6. The van der Waals surface area contributed by atoms with Crippen LogP contribution in [-0.2, 0) is 0 Å². The Morgan fingerprint density at radius 1 is 1.44 bits per heavy atom. The van der Waals surface area contributed by atoms with Gasteiger partial charge in [0, 0.05) is 17.3 Å². The van der Waals surface area contributed by atoms with Gasteiger partial charge in [-0.15, -0.1) is 5.10 Å². The molecule has 4 rings (SSSR count). The molecule has 0 atom stereocenters. The number of nitrogens with one attached hydrogen (secondary N) is 1. The number of methoxy groups -OCH3 is 1. The Hall–Kier alpha value is -2.80. The number of nitrogens with zero attached hydrogens (tertiary/aromatic N) is 2. The normalized spacial score (nSPS) is 14.0. The zero-order chi connectivity index (χ0) is 17.7. The Kier molecular flexibility index (Phi) is 3.54. The predicted molar refractivity (Wildman–Crippen MR) is 91.7 cm³/mol. The average Bonchev–Trinajstić information content (AvgIpc) is 3.34. The quantitative estimate of drug-likeness (QED) is 0.746. The molecule has 1 aromatic carbocycles. The van der Waals surface area contributed by atoms with E-state index in [4.69, 9.17) is 16.3 Å². The number of aromatic carboxylic acids is 1. The molecule has 25 heavy (non-hydrogen) atoms. The summed E-state index contributed by atoms with van der Waals surface area (Å²) >= 11 is 6.02. The number of benzene rings is 1. The third-order valence-electron chi connectivity index (χ3n) is 4.32. The number of hydrogen-bond donors (Lipinski definition) is 2. The van der Waals surface area contributed by atoms with Crippen molar-refractivity contribution >= 4 is 23.1 Å². The number of H-pyrrole nitrogens is 1. The smallest absolute Gasteiger partial charge is 0.337 e. The van der Waals surface area contributed by atoms with Gasteiger partial charge in [0.1, 0.15) is 11.3 Å². The van der Waals surface area contributed by atoms with Gasteiger partial charge in [0.2, 0.25) is 0 Å². The molecule has 2 aromatic heterocycles. The molecule has 0 amide bonds. The number of fused-ring (bicyclic) bond motifs is 1. The molecule has 0 bridgehead atoms. The molecule has 1 fully saturated rings. The van der Waals surface area contributed by atoms with Crippen LogP contribution in [0.25, 0.3) is 16.9 Å². The molecule has 1 aliphatic rings. The monoisotopic (exact) mass is 359 g/mol. The van der Waals surface area contributed by atoms with Crippen molar-refractivity contribution in [3.63, 3.8) is 0 Å². The summed E-state index contributed by atoms with van der Waals surface area (Å²) in [4.78, 5) is 26.9. The van der Waals surface area contributed by atoms with Gasteiger partial charge in [-0.25, -0.2) is 9.31 Å². The van der Waals surface area contributed by atoms with Crippen molar-refractivity contribution in [3.05, 3.63) is 50.9 Å². The summed E-state index contributed by atoms with van der Waals surface area (Å²) < 4.78 is 6.54. The maximum Gasteiger partial charge on any atom is 0.337 e. The Morgan fingerprint density at radius 3 is 2.84 bits per heavy atom. The summed E-state index contributed by atoms with van der Waals surface area (Å²) in [6, 6.07) is 5.02. The van der Waals surface area contributed by atoms with Crippen LogP contribution in [0.3, 0.4) is 0 Å². The van der Waals surface area contributed by atoms with Gasteiger partial charge >= 0.3 is 5.97 Å². The van der Waals surface area contributed by atoms with E-state index >= 15 is 0 Å². The minimum atomic E-state index is -1.05. The topological polar surface area (TPSA) is 96.7 Å². The van der Waals surface area contributed by atoms with E-state index in [2.05, 4.69) is 10.1 Å². The van der Waals surface area contributed by atoms with Crippen LogP contribution in [0.5, 0.6) is 5.75 Å². The summed E-state index contributed by atoms with van der Waals surface area (Å²) in [5.74, 6) is -0.178. The molecule has 8 heteroatoms. The first-order valence-corrected chi connectivity index (χ1v) is 8.10. The Balaban J connectivity index is 1.94. The molecule has 3 aromatic rings. The first-order valence-electron chi connectivity index (χ1n) is 7.72. The SMILES string of the molecule is COc1cc(-c2nn3cc(C(=O)O)c(C4CC4)c3c(=O)[nH]2)ccc1Cl. The van der Waals surface area contributed by atoms with Crippen LogP contribution in [0.15, 0.2) is 29.2 Å². The molecule has 128 valence electrons. The predicted octanol–water partition coefficient (Wildman–Crippen LogP) is 2.93. The minimum Gasteiger partial charge on any atom is -0.495 e. The Labute approximate surface area is 146 Å². The molecule has 1 saturated carbocycles. The summed E-state index contributed by atoms with van der Waals surface area (Å²) in [6.07, 6.45) is 3.17. The van der Waals surface area contributed by atoms with Crippen LogP contribution in [0.1, 0.15) is 34.7 Å². The molecular weight excluding hydrogens is 346 g/mol. The number of carboxylic acids is 1. The lowest BCUT2D eigenvalue weighted by Gasteiger charge is -2.07. The Bertz CT molecular complexity index is 1070. The van der Waals surface area contributed by atoms with Gasteiger partial charge in [0.15, 0.2) is 5.82 Å². The number of ether oxygens (including phenoxy) is 1. The van der Waals surface area contributed by atoms with Crippen molar-refractivity contribution < 1.29 is 14.6 Å². The fourth-order valence-corrected chi connectivity index (χ4v) is 3.20. The van der Waals surface area contributed by atoms with Gasteiger partial charge in [0.05, 0.1) is 17.7 Å². The van der Waals surface area contributed by atoms with Crippen molar-refractivity contribution in [2.75, 3.05) is 7.11 Å². The van der Waals surface area contributed by atoms with Crippen LogP contribution in [0.4, 0.5) is 0 Å². The van der Waals surface area contributed by atoms with E-state index in [1.165, 1.54) is 17.8 Å². The van der Waals surface area contributed by atoms with Crippen molar-refractivity contribution in [1.82, 2.24) is 14.6 Å². The number of carboxylic acid groups (broad SMARTS) is 1. The molecule has 0 spiro atoms. The first kappa shape index (κ1) is 15.7. The second-order valence-corrected chi connectivity index (χ2v) is 6.39. The zero-order valence-corrected chi connectivity index (χ0v) is 14.0. The van der Waals surface area contributed by atoms with Crippen LogP contribution in [0, 0.1) is 0 Å². The van der Waals surface area contributed by atoms with Gasteiger partial charge in [-0.05, 0) is 37.0 Å². The highest BCUT2D eigenvalue weighted by molar-refractivity contribution is 6.32. The Morgan fingerprint density at radius 2 is 2.20 bits per heavy atom. The van der Waals surface area contributed by atoms with Crippen LogP contribution in [-0.4, -0.2) is 32.8 Å². The first-order chi connectivity index (χ1) is 12.0. The number of aromatic amines is 1. The standard InChI is InChI=1S/C17H14ClN3O4/c1-25-12-6-9(4-5-11(12)18)15-19-16(22)14-13(8-2-3-8)10(17(23)24)7-21(14)20-15/h4-8H,2-3H2,1H3,(H,23,24)(H,19,20,22). The molecule has 0 unspecified atom stereocenters. The molecular formula is C17H14ClN3O4. The molecule has 0 radical (unpaired) electrons.